The molecule has 0 fully saturated rings. The molecule has 0 aliphatic carbocycles. The molecule has 0 amide bonds. The van der Waals surface area contributed by atoms with Crippen molar-refractivity contribution in [3.8, 4) is 0 Å². The van der Waals surface area contributed by atoms with Crippen molar-refractivity contribution in [1.82, 2.24) is 0 Å². The smallest absolute Gasteiger partial charge is 0.330 e. The third kappa shape index (κ3) is 11.2. The fraction of sp³-hybridized carbons (Fsp3) is 0.750. The zero-order chi connectivity index (χ0) is 12.1. The molecule has 0 bridgehead atoms. The highest BCUT2D eigenvalue weighted by Crippen LogP contribution is 1.88. The van der Waals surface area contributed by atoms with Crippen molar-refractivity contribution in [2.75, 3.05) is 33.0 Å². The number of unbranched alkanes of at least 4 members (excludes halogenated alkanes) is 1. The van der Waals surface area contributed by atoms with Gasteiger partial charge in [-0.1, -0.05) is 19.4 Å². The predicted molar refractivity (Wildman–Crippen MR) is 62.3 cm³/mol. The number of ether oxygens (including phenoxy) is 3. The first-order valence-electron chi connectivity index (χ1n) is 5.76. The Morgan fingerprint density at radius 2 is 1.69 bits per heavy atom. The Morgan fingerprint density at radius 1 is 1.06 bits per heavy atom. The summed E-state index contributed by atoms with van der Waals surface area (Å²) in [5.41, 5.74) is 0. The maximum absolute atomic E-state index is 10.9. The molecule has 0 saturated heterocycles. The van der Waals surface area contributed by atoms with Crippen LogP contribution in [0.25, 0.3) is 0 Å². The summed E-state index contributed by atoms with van der Waals surface area (Å²) in [7, 11) is 0. The number of allylic oxidation sites excluding steroid dienone is 1. The van der Waals surface area contributed by atoms with E-state index in [2.05, 4.69) is 6.92 Å². The summed E-state index contributed by atoms with van der Waals surface area (Å²) >= 11 is 0. The van der Waals surface area contributed by atoms with Crippen LogP contribution in [0.2, 0.25) is 0 Å². The zero-order valence-electron chi connectivity index (χ0n) is 10.2. The van der Waals surface area contributed by atoms with Gasteiger partial charge in [-0.15, -0.1) is 0 Å². The largest absolute Gasteiger partial charge is 0.460 e. The van der Waals surface area contributed by atoms with E-state index >= 15 is 0 Å². The highest BCUT2D eigenvalue weighted by molar-refractivity contribution is 5.81. The lowest BCUT2D eigenvalue weighted by Gasteiger charge is -2.05. The molecule has 0 radical (unpaired) electrons. The Kier molecular flexibility index (Phi) is 11.5. The molecule has 16 heavy (non-hydrogen) atoms. The van der Waals surface area contributed by atoms with E-state index in [4.69, 9.17) is 14.2 Å². The number of carbonyl (C=O) groups is 1. The molecule has 0 unspecified atom stereocenters. The van der Waals surface area contributed by atoms with Crippen LogP contribution < -0.4 is 0 Å². The lowest BCUT2D eigenvalue weighted by atomic mass is 10.4. The minimum atomic E-state index is -0.328. The van der Waals surface area contributed by atoms with Gasteiger partial charge in [0.1, 0.15) is 6.61 Å². The van der Waals surface area contributed by atoms with Crippen molar-refractivity contribution in [2.45, 2.75) is 26.7 Å². The van der Waals surface area contributed by atoms with Crippen molar-refractivity contribution in [2.24, 2.45) is 0 Å². The van der Waals surface area contributed by atoms with Gasteiger partial charge in [0.2, 0.25) is 0 Å². The third-order valence-electron chi connectivity index (χ3n) is 1.79. The Bertz CT molecular complexity index is 189. The van der Waals surface area contributed by atoms with Gasteiger partial charge in [-0.05, 0) is 13.3 Å². The summed E-state index contributed by atoms with van der Waals surface area (Å²) in [6.07, 6.45) is 5.25. The van der Waals surface area contributed by atoms with Crippen molar-refractivity contribution in [3.63, 3.8) is 0 Å². The van der Waals surface area contributed by atoms with Crippen molar-refractivity contribution in [1.29, 1.82) is 0 Å². The van der Waals surface area contributed by atoms with E-state index in [0.29, 0.717) is 19.8 Å². The summed E-state index contributed by atoms with van der Waals surface area (Å²) in [6, 6.07) is 0. The zero-order valence-corrected chi connectivity index (χ0v) is 10.2. The average molecular weight is 230 g/mol. The van der Waals surface area contributed by atoms with Crippen LogP contribution in [0.3, 0.4) is 0 Å². The molecule has 0 heterocycles. The molecular weight excluding hydrogens is 208 g/mol. The Hall–Kier alpha value is -0.870. The van der Waals surface area contributed by atoms with Crippen LogP contribution in [0.4, 0.5) is 0 Å². The molecule has 0 aliphatic heterocycles. The molecule has 0 atom stereocenters. The fourth-order valence-electron chi connectivity index (χ4n) is 0.954. The van der Waals surface area contributed by atoms with Crippen molar-refractivity contribution >= 4 is 5.97 Å². The third-order valence-corrected chi connectivity index (χ3v) is 1.79. The van der Waals surface area contributed by atoms with Gasteiger partial charge >= 0.3 is 5.97 Å². The fourth-order valence-corrected chi connectivity index (χ4v) is 0.954. The van der Waals surface area contributed by atoms with E-state index < -0.39 is 0 Å². The highest BCUT2D eigenvalue weighted by Gasteiger charge is 1.95. The van der Waals surface area contributed by atoms with E-state index in [-0.39, 0.29) is 12.6 Å². The van der Waals surface area contributed by atoms with E-state index in [9.17, 15) is 4.79 Å². The summed E-state index contributed by atoms with van der Waals surface area (Å²) < 4.78 is 15.3. The molecule has 0 rings (SSSR count). The number of esters is 1. The first kappa shape index (κ1) is 15.1. The number of carbonyl (C=O) groups excluding carboxylic acids is 1. The molecule has 0 aliphatic rings. The predicted octanol–water partition coefficient (Wildman–Crippen LogP) is 1.94. The van der Waals surface area contributed by atoms with Crippen LogP contribution in [-0.2, 0) is 19.0 Å². The Labute approximate surface area is 97.6 Å². The SMILES string of the molecule is C/C=C/C(=O)OCCOCCOCCCC. The number of hydrogen-bond acceptors (Lipinski definition) is 4. The lowest BCUT2D eigenvalue weighted by Crippen LogP contribution is -2.11. The quantitative estimate of drug-likeness (QED) is 0.327. The van der Waals surface area contributed by atoms with Gasteiger partial charge in [0.25, 0.3) is 0 Å². The lowest BCUT2D eigenvalue weighted by molar-refractivity contribution is -0.139. The summed E-state index contributed by atoms with van der Waals surface area (Å²) in [4.78, 5) is 10.9. The summed E-state index contributed by atoms with van der Waals surface area (Å²) in [5, 5.41) is 0. The van der Waals surface area contributed by atoms with E-state index in [1.165, 1.54) is 6.08 Å². The Balaban J connectivity index is 3.07. The molecule has 0 spiro atoms. The molecule has 94 valence electrons. The van der Waals surface area contributed by atoms with Crippen LogP contribution in [0.15, 0.2) is 12.2 Å². The van der Waals surface area contributed by atoms with E-state index in [0.717, 1.165) is 19.4 Å². The monoisotopic (exact) mass is 230 g/mol. The van der Waals surface area contributed by atoms with Gasteiger partial charge in [-0.25, -0.2) is 4.79 Å². The maximum Gasteiger partial charge on any atom is 0.330 e. The van der Waals surface area contributed by atoms with E-state index in [1.54, 1.807) is 13.0 Å². The molecule has 0 saturated carbocycles. The van der Waals surface area contributed by atoms with Gasteiger partial charge in [-0.3, -0.25) is 0 Å². The highest BCUT2D eigenvalue weighted by atomic mass is 16.6. The van der Waals surface area contributed by atoms with Crippen molar-refractivity contribution in [3.05, 3.63) is 12.2 Å². The second kappa shape index (κ2) is 12.2. The molecular formula is C12H22O4. The molecule has 0 N–H and O–H groups in total. The summed E-state index contributed by atoms with van der Waals surface area (Å²) in [5.74, 6) is -0.328. The second-order valence-corrected chi connectivity index (χ2v) is 3.25. The van der Waals surface area contributed by atoms with Gasteiger partial charge < -0.3 is 14.2 Å². The average Bonchev–Trinajstić information content (AvgIpc) is 2.27. The van der Waals surface area contributed by atoms with Gasteiger partial charge in [0.15, 0.2) is 0 Å². The minimum absolute atomic E-state index is 0.290. The van der Waals surface area contributed by atoms with Crippen molar-refractivity contribution < 1.29 is 19.0 Å². The van der Waals surface area contributed by atoms with Crippen LogP contribution in [0.5, 0.6) is 0 Å². The molecule has 0 aromatic rings. The standard InChI is InChI=1S/C12H22O4/c1-3-5-7-14-8-9-15-10-11-16-12(13)6-4-2/h4,6H,3,5,7-11H2,1-2H3/b6-4+. The van der Waals surface area contributed by atoms with Crippen LogP contribution in [0, 0.1) is 0 Å². The Morgan fingerprint density at radius 3 is 2.31 bits per heavy atom. The molecule has 0 aromatic heterocycles. The topological polar surface area (TPSA) is 44.8 Å². The summed E-state index contributed by atoms with van der Waals surface area (Å²) in [6.45, 7) is 6.53. The molecule has 0 aromatic carbocycles. The maximum atomic E-state index is 10.9. The van der Waals surface area contributed by atoms with Crippen LogP contribution in [0.1, 0.15) is 26.7 Å². The van der Waals surface area contributed by atoms with Gasteiger partial charge in [0.05, 0.1) is 19.8 Å². The minimum Gasteiger partial charge on any atom is -0.460 e. The first-order valence-corrected chi connectivity index (χ1v) is 5.76. The van der Waals surface area contributed by atoms with Crippen LogP contribution in [-0.4, -0.2) is 39.0 Å². The number of hydrogen-bond donors (Lipinski definition) is 0. The second-order valence-electron chi connectivity index (χ2n) is 3.25. The number of rotatable bonds is 10. The van der Waals surface area contributed by atoms with Crippen LogP contribution >= 0.6 is 0 Å². The molecule has 4 heteroatoms. The molecule has 4 nitrogen and oxygen atoms in total. The first-order chi connectivity index (χ1) is 7.81. The van der Waals surface area contributed by atoms with E-state index in [1.807, 2.05) is 0 Å². The van der Waals surface area contributed by atoms with Gasteiger partial charge in [0, 0.05) is 12.7 Å². The van der Waals surface area contributed by atoms with Gasteiger partial charge in [-0.2, -0.15) is 0 Å². The normalized spacial score (nSPS) is 10.9.